The number of nitrogens with one attached hydrogen (secondary N) is 2. The van der Waals surface area contributed by atoms with Gasteiger partial charge < -0.3 is 89.5 Å². The van der Waals surface area contributed by atoms with Gasteiger partial charge in [0.25, 0.3) is 5.91 Å². The van der Waals surface area contributed by atoms with Crippen molar-refractivity contribution < 1.29 is 88.4 Å². The predicted molar refractivity (Wildman–Crippen MR) is 256 cm³/mol. The molecule has 6 aliphatic rings. The Morgan fingerprint density at radius 3 is 2.14 bits per heavy atom. The van der Waals surface area contributed by atoms with Gasteiger partial charge in [0, 0.05) is 32.5 Å². The van der Waals surface area contributed by atoms with Gasteiger partial charge in [0.1, 0.15) is 84.9 Å². The van der Waals surface area contributed by atoms with Crippen molar-refractivity contribution in [2.24, 2.45) is 11.8 Å². The maximum absolute atomic E-state index is 14.1. The van der Waals surface area contributed by atoms with Crippen LogP contribution in [0.2, 0.25) is 0 Å². The number of rotatable bonds is 18. The second kappa shape index (κ2) is 25.1. The van der Waals surface area contributed by atoms with Crippen molar-refractivity contribution in [2.45, 2.75) is 202 Å². The summed E-state index contributed by atoms with van der Waals surface area (Å²) >= 11 is 0. The van der Waals surface area contributed by atoms with Crippen LogP contribution in [0.5, 0.6) is 0 Å². The molecule has 3 amide bonds. The Bertz CT molecular complexity index is 2170. The number of amides is 3. The molecule has 2 saturated carbocycles. The first-order chi connectivity index (χ1) is 35.4. The van der Waals surface area contributed by atoms with Crippen molar-refractivity contribution in [3.63, 3.8) is 0 Å². The van der Waals surface area contributed by atoms with Crippen molar-refractivity contribution in [3.05, 3.63) is 36.0 Å². The molecule has 4 saturated heterocycles. The summed E-state index contributed by atoms with van der Waals surface area (Å²) in [7, 11) is 0. The largest absolute Gasteiger partial charge is 0.394 e. The van der Waals surface area contributed by atoms with Crippen molar-refractivity contribution in [3.8, 4) is 11.3 Å². The summed E-state index contributed by atoms with van der Waals surface area (Å²) in [5, 5.41) is 103. The van der Waals surface area contributed by atoms with Crippen LogP contribution in [0.3, 0.4) is 0 Å². The topological polar surface area (TPSA) is 336 Å². The number of nitrogens with zero attached hydrogens (tertiary/aromatic N) is 4. The van der Waals surface area contributed by atoms with Crippen LogP contribution in [-0.4, -0.2) is 222 Å². The molecule has 8 rings (SSSR count). The smallest absolute Gasteiger partial charge is 0.251 e. The van der Waals surface area contributed by atoms with Gasteiger partial charge >= 0.3 is 0 Å². The molecule has 1 aromatic heterocycles. The zero-order chi connectivity index (χ0) is 53.0. The second-order valence-electron chi connectivity index (χ2n) is 21.0. The second-order valence-corrected chi connectivity index (χ2v) is 21.0. The molecule has 2 aliphatic carbocycles. The van der Waals surface area contributed by atoms with Crippen molar-refractivity contribution in [2.75, 3.05) is 32.9 Å². The van der Waals surface area contributed by atoms with Gasteiger partial charge in [0.15, 0.2) is 18.9 Å². The number of likely N-dealkylation sites (tertiary alicyclic amines) is 1. The van der Waals surface area contributed by atoms with Crippen LogP contribution in [0.4, 0.5) is 0 Å². The highest BCUT2D eigenvalue weighted by molar-refractivity contribution is 5.81. The Morgan fingerprint density at radius 2 is 1.47 bits per heavy atom. The fourth-order valence-corrected chi connectivity index (χ4v) is 11.3. The van der Waals surface area contributed by atoms with Crippen LogP contribution in [0.25, 0.3) is 11.3 Å². The van der Waals surface area contributed by atoms with Gasteiger partial charge in [-0.15, -0.1) is 5.10 Å². The first-order valence-corrected chi connectivity index (χ1v) is 26.1. The molecule has 414 valence electrons. The summed E-state index contributed by atoms with van der Waals surface area (Å²) in [6.45, 7) is 5.44. The van der Waals surface area contributed by atoms with Gasteiger partial charge in [-0.2, -0.15) is 0 Å². The Labute approximate surface area is 429 Å². The zero-order valence-corrected chi connectivity index (χ0v) is 42.4. The van der Waals surface area contributed by atoms with E-state index in [1.54, 1.807) is 11.1 Å². The van der Waals surface area contributed by atoms with Crippen LogP contribution in [0.15, 0.2) is 30.5 Å². The molecule has 5 heterocycles. The molecule has 6 fully saturated rings. The third-order valence-electron chi connectivity index (χ3n) is 15.4. The SMILES string of the molecule is CC(=O)NC1C(O[C@@H](CC2CCCCC2)C(=O)N2CCC2)[C@@H](O)C(CO)O[C@H]1O[C@@H]1CC(CO[C@H]2O[C@H](CO)[C@@H](O)C(n3cc(-c4cccc(C)c4)nn3)C2O)C[C@@H](NC(C)=O)C1O[C@@H]1OC(C)[C@@H](O)[C@H](O)C1O. The van der Waals surface area contributed by atoms with Crippen LogP contribution < -0.4 is 10.6 Å². The number of aryl methyl sites for hydroxylation is 1. The van der Waals surface area contributed by atoms with Gasteiger partial charge in [-0.1, -0.05) is 61.1 Å². The van der Waals surface area contributed by atoms with Gasteiger partial charge in [-0.05, 0) is 57.4 Å². The van der Waals surface area contributed by atoms with E-state index in [0.29, 0.717) is 25.2 Å². The molecule has 4 aliphatic heterocycles. The average molecular weight is 1050 g/mol. The number of hydrogen-bond donors (Lipinski definition) is 10. The minimum absolute atomic E-state index is 0.00615. The molecule has 2 aromatic rings. The minimum Gasteiger partial charge on any atom is -0.394 e. The summed E-state index contributed by atoms with van der Waals surface area (Å²) in [6, 6.07) is 4.05. The van der Waals surface area contributed by atoms with E-state index in [4.69, 9.17) is 33.2 Å². The van der Waals surface area contributed by atoms with Crippen LogP contribution >= 0.6 is 0 Å². The number of aromatic nitrogens is 3. The molecule has 74 heavy (non-hydrogen) atoms. The van der Waals surface area contributed by atoms with E-state index in [-0.39, 0.29) is 31.3 Å². The highest BCUT2D eigenvalue weighted by Gasteiger charge is 2.54. The third kappa shape index (κ3) is 12.9. The van der Waals surface area contributed by atoms with E-state index in [2.05, 4.69) is 20.9 Å². The fourth-order valence-electron chi connectivity index (χ4n) is 11.3. The molecule has 9 unspecified atom stereocenters. The number of aliphatic hydroxyl groups excluding tert-OH is 8. The fraction of sp³-hybridized carbons (Fsp3) is 0.780. The Kier molecular flexibility index (Phi) is 19.1. The van der Waals surface area contributed by atoms with Crippen molar-refractivity contribution in [1.29, 1.82) is 0 Å². The number of benzene rings is 1. The summed E-state index contributed by atoms with van der Waals surface area (Å²) in [4.78, 5) is 41.9. The lowest BCUT2D eigenvalue weighted by Gasteiger charge is -2.50. The van der Waals surface area contributed by atoms with E-state index in [1.165, 1.54) is 25.5 Å². The lowest BCUT2D eigenvalue weighted by atomic mass is 9.81. The van der Waals surface area contributed by atoms with Gasteiger partial charge in [-0.25, -0.2) is 4.68 Å². The number of carbonyl (C=O) groups excluding carboxylic acids is 3. The highest BCUT2D eigenvalue weighted by atomic mass is 16.7. The summed E-state index contributed by atoms with van der Waals surface area (Å²) in [5.41, 5.74) is 2.20. The summed E-state index contributed by atoms with van der Waals surface area (Å²) in [6.07, 6.45) is -14.8. The summed E-state index contributed by atoms with van der Waals surface area (Å²) in [5.74, 6) is -1.74. The molecule has 0 spiro atoms. The number of carbonyl (C=O) groups is 3. The van der Waals surface area contributed by atoms with Gasteiger partial charge in [-0.3, -0.25) is 14.4 Å². The van der Waals surface area contributed by atoms with Crippen LogP contribution in [0.1, 0.15) is 90.2 Å². The first kappa shape index (κ1) is 56.4. The quantitative estimate of drug-likeness (QED) is 0.0796. The summed E-state index contributed by atoms with van der Waals surface area (Å²) < 4.78 is 45.6. The van der Waals surface area contributed by atoms with Crippen molar-refractivity contribution in [1.82, 2.24) is 30.5 Å². The molecule has 10 N–H and O–H groups in total. The Balaban J connectivity index is 1.08. The van der Waals surface area contributed by atoms with E-state index in [0.717, 1.165) is 49.7 Å². The number of ether oxygens (including phenoxy) is 7. The molecule has 24 nitrogen and oxygen atoms in total. The highest BCUT2D eigenvalue weighted by Crippen LogP contribution is 2.39. The average Bonchev–Trinajstić information content (AvgIpc) is 3.84. The lowest BCUT2D eigenvalue weighted by molar-refractivity contribution is -0.337. The molecule has 1 aromatic carbocycles. The number of hydrogen-bond acceptors (Lipinski definition) is 20. The van der Waals surface area contributed by atoms with E-state index >= 15 is 0 Å². The normalized spacial score (nSPS) is 38.4. The maximum Gasteiger partial charge on any atom is 0.251 e. The van der Waals surface area contributed by atoms with Gasteiger partial charge in [0.05, 0.1) is 44.3 Å². The number of aliphatic hydroxyl groups is 8. The van der Waals surface area contributed by atoms with E-state index in [1.807, 2.05) is 31.2 Å². The zero-order valence-electron chi connectivity index (χ0n) is 42.4. The van der Waals surface area contributed by atoms with E-state index in [9.17, 15) is 55.2 Å². The minimum atomic E-state index is -1.78. The molecule has 0 bridgehead atoms. The predicted octanol–water partition coefficient (Wildman–Crippen LogP) is -1.70. The molecule has 24 heteroatoms. The first-order valence-electron chi connectivity index (χ1n) is 26.1. The molecule has 20 atom stereocenters. The Morgan fingerprint density at radius 1 is 0.770 bits per heavy atom. The van der Waals surface area contributed by atoms with Crippen molar-refractivity contribution >= 4 is 17.7 Å². The lowest BCUT2D eigenvalue weighted by Crippen LogP contribution is -2.68. The Hall–Kier alpha value is -3.83. The monoisotopic (exact) mass is 1050 g/mol. The molecular formula is C50H76N6O18. The molecule has 0 radical (unpaired) electrons. The van der Waals surface area contributed by atoms with Gasteiger partial charge in [0.2, 0.25) is 11.8 Å². The molecular weight excluding hydrogens is 973 g/mol. The van der Waals surface area contributed by atoms with Crippen LogP contribution in [0, 0.1) is 18.8 Å². The third-order valence-corrected chi connectivity index (χ3v) is 15.4. The standard InChI is InChI=1S/C50H76N6O18/c1-24-10-8-13-30(16-24)32-20-56(54-53-32)38-40(62)35(21-57)73-49(42(38)64)68-23-29-17-31(51-26(3)59)45(74-50-44(66)43(65)39(61)25(2)69-50)33(19-29)71-48-37(52-27(4)60)46(41(63)36(22-58)72-48)70-34(47(67)55-14-9-15-55)18-28-11-6-5-7-12-28/h8,10,13,16,20,25,28-29,31,33-46,48-50,57-58,61-66H,5-7,9,11-12,14-15,17-19,21-23H2,1-4H3,(H,51,59)(H,52,60)/t25?,29?,31-,33-,34+,35-,36?,37?,38?,39-,40-,41+,42?,43+,44?,45?,46?,48-,49+,50+/m1/s1. The van der Waals surface area contributed by atoms with E-state index < -0.39 is 147 Å². The van der Waals surface area contributed by atoms with Crippen LogP contribution in [-0.2, 0) is 47.5 Å². The maximum atomic E-state index is 14.1.